The number of rotatable bonds is 5. The van der Waals surface area contributed by atoms with Gasteiger partial charge in [-0.1, -0.05) is 143 Å². The Morgan fingerprint density at radius 1 is 0.510 bits per heavy atom. The SMILES string of the molecule is CC1(C)c2ccccc2-c2ccc(C(/C=C/c3ccc4c(c3)C(C)(C)c3ccccc3N4c3ccc4ccccn34)c3ccccc3)cc21. The van der Waals surface area contributed by atoms with Gasteiger partial charge in [-0.2, -0.15) is 0 Å². The fourth-order valence-corrected chi connectivity index (χ4v) is 8.49. The highest BCUT2D eigenvalue weighted by Crippen LogP contribution is 2.53. The minimum absolute atomic E-state index is 0.0373. The van der Waals surface area contributed by atoms with Gasteiger partial charge in [-0.25, -0.2) is 0 Å². The average molecular weight is 633 g/mol. The molecule has 1 aliphatic heterocycles. The molecule has 2 aliphatic rings. The van der Waals surface area contributed by atoms with Crippen LogP contribution < -0.4 is 4.90 Å². The first-order valence-electron chi connectivity index (χ1n) is 17.4. The van der Waals surface area contributed by atoms with Crippen LogP contribution in [0.5, 0.6) is 0 Å². The van der Waals surface area contributed by atoms with Crippen LogP contribution >= 0.6 is 0 Å². The van der Waals surface area contributed by atoms with E-state index >= 15 is 0 Å². The van der Waals surface area contributed by atoms with E-state index in [9.17, 15) is 0 Å². The van der Waals surface area contributed by atoms with Crippen LogP contribution in [0.2, 0.25) is 0 Å². The van der Waals surface area contributed by atoms with Gasteiger partial charge in [-0.05, 0) is 92.5 Å². The van der Waals surface area contributed by atoms with Crippen molar-refractivity contribution in [3.63, 3.8) is 0 Å². The number of hydrogen-bond donors (Lipinski definition) is 0. The maximum Gasteiger partial charge on any atom is 0.122 e. The first-order valence-corrected chi connectivity index (χ1v) is 17.4. The molecule has 9 rings (SSSR count). The highest BCUT2D eigenvalue weighted by molar-refractivity contribution is 5.87. The smallest absolute Gasteiger partial charge is 0.122 e. The van der Waals surface area contributed by atoms with Crippen LogP contribution in [0.4, 0.5) is 17.2 Å². The molecule has 238 valence electrons. The van der Waals surface area contributed by atoms with E-state index < -0.39 is 0 Å². The summed E-state index contributed by atoms with van der Waals surface area (Å²) >= 11 is 0. The van der Waals surface area contributed by atoms with Crippen molar-refractivity contribution in [2.24, 2.45) is 0 Å². The summed E-state index contributed by atoms with van der Waals surface area (Å²) in [5.74, 6) is 1.27. The number of benzene rings is 5. The molecule has 2 aromatic heterocycles. The highest BCUT2D eigenvalue weighted by atomic mass is 15.2. The standard InChI is InChI=1S/C47H40N2/c1-46(2)39-18-9-8-17-37(39)38-26-23-34(31-41(38)46)36(33-14-6-5-7-15-33)25-21-32-22-27-44-42(30-32)47(3,4)40-19-10-11-20-43(40)49(44)45-28-24-35-16-12-13-29-48(35)45/h5-31,36H,1-4H3/b25-21+. The molecule has 49 heavy (non-hydrogen) atoms. The first kappa shape index (κ1) is 29.5. The lowest BCUT2D eigenvalue weighted by molar-refractivity contribution is 0.631. The van der Waals surface area contributed by atoms with Crippen molar-refractivity contribution in [1.29, 1.82) is 0 Å². The van der Waals surface area contributed by atoms with E-state index in [0.29, 0.717) is 0 Å². The van der Waals surface area contributed by atoms with Crippen LogP contribution in [-0.4, -0.2) is 4.40 Å². The van der Waals surface area contributed by atoms with Gasteiger partial charge >= 0.3 is 0 Å². The van der Waals surface area contributed by atoms with E-state index in [1.165, 1.54) is 67.0 Å². The molecule has 1 aliphatic carbocycles. The first-order chi connectivity index (χ1) is 23.8. The summed E-state index contributed by atoms with van der Waals surface area (Å²) in [4.78, 5) is 2.44. The fraction of sp³-hybridized carbons (Fsp3) is 0.149. The molecule has 3 heterocycles. The Hall–Kier alpha value is -5.60. The quantitative estimate of drug-likeness (QED) is 0.183. The predicted molar refractivity (Wildman–Crippen MR) is 206 cm³/mol. The lowest BCUT2D eigenvalue weighted by Crippen LogP contribution is -2.31. The van der Waals surface area contributed by atoms with Gasteiger partial charge in [0.25, 0.3) is 0 Å². The van der Waals surface area contributed by atoms with Crippen LogP contribution in [0.25, 0.3) is 22.7 Å². The Morgan fingerprint density at radius 3 is 2.06 bits per heavy atom. The maximum absolute atomic E-state index is 2.46. The second-order valence-electron chi connectivity index (χ2n) is 14.7. The second-order valence-corrected chi connectivity index (χ2v) is 14.7. The number of para-hydroxylation sites is 1. The van der Waals surface area contributed by atoms with Crippen LogP contribution in [0.1, 0.15) is 72.6 Å². The van der Waals surface area contributed by atoms with Crippen molar-refractivity contribution >= 4 is 28.8 Å². The lowest BCUT2D eigenvalue weighted by Gasteiger charge is -2.42. The van der Waals surface area contributed by atoms with Gasteiger partial charge in [0, 0.05) is 28.5 Å². The number of aromatic nitrogens is 1. The minimum atomic E-state index is -0.168. The highest BCUT2D eigenvalue weighted by Gasteiger charge is 2.38. The summed E-state index contributed by atoms with van der Waals surface area (Å²) < 4.78 is 2.29. The molecule has 1 unspecified atom stereocenters. The Balaban J connectivity index is 1.15. The Bertz CT molecular complexity index is 2410. The summed E-state index contributed by atoms with van der Waals surface area (Å²) in [7, 11) is 0. The molecule has 2 heteroatoms. The molecule has 5 aromatic carbocycles. The van der Waals surface area contributed by atoms with Gasteiger partial charge < -0.3 is 4.40 Å². The third-order valence-corrected chi connectivity index (χ3v) is 11.1. The van der Waals surface area contributed by atoms with E-state index in [2.05, 4.69) is 201 Å². The Kier molecular flexibility index (Phi) is 6.61. The molecule has 1 atom stereocenters. The molecule has 0 saturated carbocycles. The molecule has 0 saturated heterocycles. The molecular weight excluding hydrogens is 593 g/mol. The van der Waals surface area contributed by atoms with Crippen molar-refractivity contribution in [2.45, 2.75) is 44.4 Å². The molecule has 0 bridgehead atoms. The van der Waals surface area contributed by atoms with Crippen molar-refractivity contribution in [2.75, 3.05) is 4.90 Å². The van der Waals surface area contributed by atoms with Crippen LogP contribution in [0.3, 0.4) is 0 Å². The van der Waals surface area contributed by atoms with Crippen molar-refractivity contribution in [1.82, 2.24) is 4.40 Å². The van der Waals surface area contributed by atoms with Gasteiger partial charge in [0.2, 0.25) is 0 Å². The van der Waals surface area contributed by atoms with E-state index in [-0.39, 0.29) is 16.7 Å². The normalized spacial score (nSPS) is 15.9. The van der Waals surface area contributed by atoms with Crippen LogP contribution in [0.15, 0.2) is 158 Å². The summed E-state index contributed by atoms with van der Waals surface area (Å²) in [5, 5.41) is 0. The van der Waals surface area contributed by atoms with Gasteiger partial charge in [-0.15, -0.1) is 0 Å². The zero-order valence-electron chi connectivity index (χ0n) is 28.6. The molecule has 0 radical (unpaired) electrons. The lowest BCUT2D eigenvalue weighted by atomic mass is 9.73. The average Bonchev–Trinajstić information content (AvgIpc) is 3.65. The van der Waals surface area contributed by atoms with Gasteiger partial charge in [0.15, 0.2) is 0 Å². The maximum atomic E-state index is 2.46. The Labute approximate surface area is 289 Å². The number of hydrogen-bond acceptors (Lipinski definition) is 1. The Morgan fingerprint density at radius 2 is 1.20 bits per heavy atom. The van der Waals surface area contributed by atoms with Crippen molar-refractivity contribution in [3.05, 3.63) is 197 Å². The minimum Gasteiger partial charge on any atom is -0.303 e. The second kappa shape index (κ2) is 11.0. The predicted octanol–water partition coefficient (Wildman–Crippen LogP) is 12.2. The zero-order valence-corrected chi connectivity index (χ0v) is 28.6. The van der Waals surface area contributed by atoms with Crippen molar-refractivity contribution < 1.29 is 0 Å². The summed E-state index contributed by atoms with van der Waals surface area (Å²) in [6.07, 6.45) is 6.89. The summed E-state index contributed by atoms with van der Waals surface area (Å²) in [5.41, 5.74) is 15.5. The molecule has 0 fully saturated rings. The van der Waals surface area contributed by atoms with Gasteiger partial charge in [-0.3, -0.25) is 4.90 Å². The molecule has 0 spiro atoms. The number of fused-ring (bicyclic) bond motifs is 6. The third kappa shape index (κ3) is 4.54. The number of allylic oxidation sites excluding steroid dienone is 1. The van der Waals surface area contributed by atoms with E-state index in [1.54, 1.807) is 0 Å². The van der Waals surface area contributed by atoms with Gasteiger partial charge in [0.05, 0.1) is 11.4 Å². The largest absolute Gasteiger partial charge is 0.303 e. The van der Waals surface area contributed by atoms with Crippen molar-refractivity contribution in [3.8, 4) is 11.1 Å². The number of nitrogens with zero attached hydrogens (tertiary/aromatic N) is 2. The molecular formula is C47H40N2. The monoisotopic (exact) mass is 632 g/mol. The third-order valence-electron chi connectivity index (χ3n) is 11.1. The summed E-state index contributed by atoms with van der Waals surface area (Å²) in [6, 6.07) is 53.7. The number of pyridine rings is 1. The molecule has 0 N–H and O–H groups in total. The fourth-order valence-electron chi connectivity index (χ4n) is 8.49. The van der Waals surface area contributed by atoms with E-state index in [0.717, 1.165) is 5.82 Å². The number of anilines is 3. The topological polar surface area (TPSA) is 7.65 Å². The van der Waals surface area contributed by atoms with Gasteiger partial charge in [0.1, 0.15) is 5.82 Å². The molecule has 2 nitrogen and oxygen atoms in total. The van der Waals surface area contributed by atoms with Crippen LogP contribution in [-0.2, 0) is 10.8 Å². The van der Waals surface area contributed by atoms with E-state index in [4.69, 9.17) is 0 Å². The molecule has 0 amide bonds. The molecule has 7 aromatic rings. The van der Waals surface area contributed by atoms with Crippen LogP contribution in [0, 0.1) is 0 Å². The zero-order chi connectivity index (χ0) is 33.3. The summed E-state index contributed by atoms with van der Waals surface area (Å²) in [6.45, 7) is 9.45. The van der Waals surface area contributed by atoms with E-state index in [1.807, 2.05) is 0 Å².